The molecule has 0 aromatic rings. The second kappa shape index (κ2) is 4.25. The molecule has 2 rings (SSSR count). The van der Waals surface area contributed by atoms with Gasteiger partial charge in [-0.25, -0.2) is 0 Å². The van der Waals surface area contributed by atoms with E-state index in [1.54, 1.807) is 0 Å². The Morgan fingerprint density at radius 1 is 1.46 bits per heavy atom. The molecule has 13 heavy (non-hydrogen) atoms. The highest BCUT2D eigenvalue weighted by Gasteiger charge is 2.24. The molecule has 0 bridgehead atoms. The van der Waals surface area contributed by atoms with E-state index in [0.717, 1.165) is 11.8 Å². The van der Waals surface area contributed by atoms with E-state index in [1.165, 1.54) is 39.1 Å². The van der Waals surface area contributed by atoms with Crippen molar-refractivity contribution in [1.29, 1.82) is 0 Å². The van der Waals surface area contributed by atoms with Crippen molar-refractivity contribution in [3.63, 3.8) is 0 Å². The molecule has 1 atom stereocenters. The number of rotatable bonds is 3. The molecule has 0 aliphatic carbocycles. The summed E-state index contributed by atoms with van der Waals surface area (Å²) in [6.45, 7) is 8.60. The van der Waals surface area contributed by atoms with Gasteiger partial charge in [-0.05, 0) is 31.3 Å². The average Bonchev–Trinajstić information content (AvgIpc) is 2.02. The van der Waals surface area contributed by atoms with Crippen molar-refractivity contribution in [2.24, 2.45) is 11.8 Å². The van der Waals surface area contributed by atoms with E-state index in [0.29, 0.717) is 0 Å². The summed E-state index contributed by atoms with van der Waals surface area (Å²) in [5.74, 6) is 1.80. The molecular weight excluding hydrogens is 160 g/mol. The van der Waals surface area contributed by atoms with Crippen LogP contribution in [0.5, 0.6) is 0 Å². The number of nitrogens with one attached hydrogen (secondary N) is 1. The van der Waals surface area contributed by atoms with Gasteiger partial charge in [0.1, 0.15) is 0 Å². The molecule has 2 aliphatic heterocycles. The van der Waals surface area contributed by atoms with Crippen molar-refractivity contribution in [1.82, 2.24) is 10.2 Å². The van der Waals surface area contributed by atoms with Crippen LogP contribution in [0.2, 0.25) is 0 Å². The van der Waals surface area contributed by atoms with E-state index in [1.807, 2.05) is 0 Å². The molecule has 2 heteroatoms. The SMILES string of the molecule is CC(CN1CC=CCC1)C1CNC1. The van der Waals surface area contributed by atoms with Crippen LogP contribution in [0.1, 0.15) is 13.3 Å². The number of nitrogens with zero attached hydrogens (tertiary/aromatic N) is 1. The summed E-state index contributed by atoms with van der Waals surface area (Å²) in [4.78, 5) is 2.57. The molecule has 0 aromatic heterocycles. The van der Waals surface area contributed by atoms with Crippen LogP contribution in [0, 0.1) is 11.8 Å². The van der Waals surface area contributed by atoms with Crippen molar-refractivity contribution < 1.29 is 0 Å². The molecule has 0 aromatic carbocycles. The topological polar surface area (TPSA) is 15.3 Å². The number of hydrogen-bond donors (Lipinski definition) is 1. The fourth-order valence-corrected chi connectivity index (χ4v) is 2.13. The van der Waals surface area contributed by atoms with Crippen molar-refractivity contribution >= 4 is 0 Å². The third kappa shape index (κ3) is 2.32. The zero-order valence-corrected chi connectivity index (χ0v) is 8.50. The monoisotopic (exact) mass is 180 g/mol. The molecule has 0 radical (unpaired) electrons. The molecule has 0 spiro atoms. The maximum absolute atomic E-state index is 3.35. The largest absolute Gasteiger partial charge is 0.316 e. The molecule has 1 saturated heterocycles. The Balaban J connectivity index is 1.72. The predicted octanol–water partition coefficient (Wildman–Crippen LogP) is 1.10. The highest BCUT2D eigenvalue weighted by Crippen LogP contribution is 2.17. The first kappa shape index (κ1) is 9.22. The minimum Gasteiger partial charge on any atom is -0.316 e. The van der Waals surface area contributed by atoms with Crippen LogP contribution in [-0.4, -0.2) is 37.6 Å². The van der Waals surface area contributed by atoms with Crippen molar-refractivity contribution in [2.75, 3.05) is 32.7 Å². The Morgan fingerprint density at radius 2 is 2.31 bits per heavy atom. The van der Waals surface area contributed by atoms with Crippen LogP contribution in [0.4, 0.5) is 0 Å². The molecule has 1 fully saturated rings. The summed E-state index contributed by atoms with van der Waals surface area (Å²) in [6.07, 6.45) is 5.84. The van der Waals surface area contributed by atoms with Crippen LogP contribution in [0.25, 0.3) is 0 Å². The zero-order valence-electron chi connectivity index (χ0n) is 8.50. The van der Waals surface area contributed by atoms with Gasteiger partial charge in [-0.2, -0.15) is 0 Å². The third-order valence-electron chi connectivity index (χ3n) is 3.31. The standard InChI is InChI=1S/C11H20N2/c1-10(11-7-12-8-11)9-13-5-3-2-4-6-13/h2-3,10-12H,4-9H2,1H3. The van der Waals surface area contributed by atoms with Crippen LogP contribution < -0.4 is 5.32 Å². The minimum absolute atomic E-state index is 0.868. The molecule has 0 saturated carbocycles. The maximum Gasteiger partial charge on any atom is 0.0163 e. The highest BCUT2D eigenvalue weighted by molar-refractivity contribution is 4.92. The highest BCUT2D eigenvalue weighted by atomic mass is 15.1. The van der Waals surface area contributed by atoms with Crippen molar-refractivity contribution in [3.05, 3.63) is 12.2 Å². The van der Waals surface area contributed by atoms with Gasteiger partial charge in [0.2, 0.25) is 0 Å². The van der Waals surface area contributed by atoms with E-state index < -0.39 is 0 Å². The maximum atomic E-state index is 3.35. The van der Waals surface area contributed by atoms with Crippen LogP contribution in [-0.2, 0) is 0 Å². The predicted molar refractivity (Wildman–Crippen MR) is 55.7 cm³/mol. The van der Waals surface area contributed by atoms with E-state index in [9.17, 15) is 0 Å². The van der Waals surface area contributed by atoms with Gasteiger partial charge in [0, 0.05) is 19.6 Å². The van der Waals surface area contributed by atoms with Gasteiger partial charge in [-0.3, -0.25) is 4.90 Å². The first-order valence-corrected chi connectivity index (χ1v) is 5.44. The normalized spacial score (nSPS) is 27.2. The molecule has 2 aliphatic rings. The molecule has 2 heterocycles. The lowest BCUT2D eigenvalue weighted by molar-refractivity contribution is 0.174. The Hall–Kier alpha value is -0.340. The summed E-state index contributed by atoms with van der Waals surface area (Å²) in [6, 6.07) is 0. The first-order valence-electron chi connectivity index (χ1n) is 5.44. The second-order valence-electron chi connectivity index (χ2n) is 4.42. The minimum atomic E-state index is 0.868. The van der Waals surface area contributed by atoms with Gasteiger partial charge < -0.3 is 5.32 Å². The summed E-state index contributed by atoms with van der Waals surface area (Å²) < 4.78 is 0. The Kier molecular flexibility index (Phi) is 3.01. The molecule has 1 unspecified atom stereocenters. The van der Waals surface area contributed by atoms with Gasteiger partial charge in [0.05, 0.1) is 0 Å². The van der Waals surface area contributed by atoms with E-state index in [-0.39, 0.29) is 0 Å². The lowest BCUT2D eigenvalue weighted by atomic mass is 9.88. The smallest absolute Gasteiger partial charge is 0.0163 e. The van der Waals surface area contributed by atoms with Crippen LogP contribution >= 0.6 is 0 Å². The second-order valence-corrected chi connectivity index (χ2v) is 4.42. The van der Waals surface area contributed by atoms with E-state index >= 15 is 0 Å². The van der Waals surface area contributed by atoms with Crippen LogP contribution in [0.15, 0.2) is 12.2 Å². The fraction of sp³-hybridized carbons (Fsp3) is 0.818. The molecule has 2 nitrogen and oxygen atoms in total. The van der Waals surface area contributed by atoms with E-state index in [2.05, 4.69) is 29.3 Å². The van der Waals surface area contributed by atoms with Crippen molar-refractivity contribution in [3.8, 4) is 0 Å². The quantitative estimate of drug-likeness (QED) is 0.654. The summed E-state index contributed by atoms with van der Waals surface area (Å²) in [5, 5.41) is 3.35. The molecule has 1 N–H and O–H groups in total. The Bertz CT molecular complexity index is 185. The van der Waals surface area contributed by atoms with Crippen molar-refractivity contribution in [2.45, 2.75) is 13.3 Å². The Labute approximate surface area is 81.0 Å². The summed E-state index contributed by atoms with van der Waals surface area (Å²) in [5.41, 5.74) is 0. The van der Waals surface area contributed by atoms with Crippen LogP contribution in [0.3, 0.4) is 0 Å². The third-order valence-corrected chi connectivity index (χ3v) is 3.31. The summed E-state index contributed by atoms with van der Waals surface area (Å²) in [7, 11) is 0. The first-order chi connectivity index (χ1) is 6.36. The van der Waals surface area contributed by atoms with Gasteiger partial charge >= 0.3 is 0 Å². The Morgan fingerprint density at radius 3 is 2.85 bits per heavy atom. The van der Waals surface area contributed by atoms with Gasteiger partial charge in [-0.15, -0.1) is 0 Å². The van der Waals surface area contributed by atoms with Gasteiger partial charge in [0.15, 0.2) is 0 Å². The summed E-state index contributed by atoms with van der Waals surface area (Å²) >= 11 is 0. The molecule has 74 valence electrons. The van der Waals surface area contributed by atoms with Gasteiger partial charge in [-0.1, -0.05) is 19.1 Å². The molecule has 0 amide bonds. The average molecular weight is 180 g/mol. The zero-order chi connectivity index (χ0) is 9.10. The van der Waals surface area contributed by atoms with Gasteiger partial charge in [0.25, 0.3) is 0 Å². The molecular formula is C11H20N2. The number of hydrogen-bond acceptors (Lipinski definition) is 2. The lowest BCUT2D eigenvalue weighted by Gasteiger charge is -2.36. The van der Waals surface area contributed by atoms with E-state index in [4.69, 9.17) is 0 Å². The fourth-order valence-electron chi connectivity index (χ4n) is 2.13. The lowest BCUT2D eigenvalue weighted by Crippen LogP contribution is -2.48.